The Labute approximate surface area is 519 Å². The standard InChI is InChI=1S/C40H36O4P2.C36H36O3P2/c1-29-25-31(3)39(43-45(35-21-13-7-14-22-35)36-23-15-8-16-24-36)37(27-29)38-28-30(2)26-32(4)40(38)44-46(41-33-17-9-5-10-18-33)42-34-19-11-6-12-20-34;1-24-17-25(2)21-30(20-24)37-40-38-35-28(5)18-26(3)22-33(35)34-23-27(4)19-29(6)36(34)39-41(31-13-9-7-10-14-31)32-15-11-8-12-16-32/h5-28H,1-4H3;7-23,40H,1-6H3. The van der Waals surface area contributed by atoms with Crippen LogP contribution in [0.2, 0.25) is 0 Å². The molecule has 0 saturated heterocycles. The molecule has 0 aliphatic carbocycles. The summed E-state index contributed by atoms with van der Waals surface area (Å²) in [5.74, 6) is 5.38. The Bertz CT molecular complexity index is 3920. The van der Waals surface area contributed by atoms with Gasteiger partial charge in [-0.25, -0.2) is 0 Å². The molecule has 0 radical (unpaired) electrons. The van der Waals surface area contributed by atoms with Gasteiger partial charge in [0, 0.05) is 43.5 Å². The van der Waals surface area contributed by atoms with Gasteiger partial charge in [0.25, 0.3) is 9.03 Å². The number of para-hydroxylation sites is 2. The minimum Gasteiger partial charge on any atom is -0.464 e. The van der Waals surface area contributed by atoms with Gasteiger partial charge in [-0.15, -0.1) is 0 Å². The molecule has 1 atom stereocenters. The highest BCUT2D eigenvalue weighted by atomic mass is 31.2. The molecular weight excluding hydrogens is 1150 g/mol. The van der Waals surface area contributed by atoms with Crippen molar-refractivity contribution in [1.29, 1.82) is 0 Å². The first-order valence-electron chi connectivity index (χ1n) is 29.0. The first kappa shape index (κ1) is 61.8. The van der Waals surface area contributed by atoms with E-state index in [0.717, 1.165) is 89.2 Å². The molecule has 87 heavy (non-hydrogen) atoms. The van der Waals surface area contributed by atoms with Gasteiger partial charge in [-0.2, -0.15) is 0 Å². The van der Waals surface area contributed by atoms with Crippen LogP contribution in [0.25, 0.3) is 22.3 Å². The van der Waals surface area contributed by atoms with Gasteiger partial charge in [-0.3, -0.25) is 0 Å². The molecule has 0 saturated carbocycles. The lowest BCUT2D eigenvalue weighted by molar-refractivity contribution is 0.387. The Kier molecular flexibility index (Phi) is 20.9. The highest BCUT2D eigenvalue weighted by molar-refractivity contribution is 7.69. The van der Waals surface area contributed by atoms with E-state index < -0.39 is 24.9 Å². The van der Waals surface area contributed by atoms with Crippen molar-refractivity contribution in [3.63, 3.8) is 0 Å². The molecule has 0 spiro atoms. The van der Waals surface area contributed by atoms with Crippen molar-refractivity contribution >= 4 is 55.2 Å². The van der Waals surface area contributed by atoms with E-state index in [1.165, 1.54) is 32.9 Å². The fourth-order valence-corrected chi connectivity index (χ4v) is 15.8. The van der Waals surface area contributed by atoms with Crippen LogP contribution in [-0.2, 0) is 0 Å². The van der Waals surface area contributed by atoms with Crippen molar-refractivity contribution in [2.45, 2.75) is 69.2 Å². The summed E-state index contributed by atoms with van der Waals surface area (Å²) in [6.45, 7) is 21.0. The van der Waals surface area contributed by atoms with E-state index >= 15 is 0 Å². The van der Waals surface area contributed by atoms with Crippen LogP contribution in [0.5, 0.6) is 40.2 Å². The molecule has 0 amide bonds. The van der Waals surface area contributed by atoms with Crippen LogP contribution in [0, 0.1) is 69.2 Å². The quantitative estimate of drug-likeness (QED) is 0.0705. The van der Waals surface area contributed by atoms with E-state index in [2.05, 4.69) is 221 Å². The van der Waals surface area contributed by atoms with Gasteiger partial charge < -0.3 is 31.7 Å². The maximum atomic E-state index is 7.14. The van der Waals surface area contributed by atoms with Gasteiger partial charge in [0.1, 0.15) is 40.2 Å². The monoisotopic (exact) mass is 1220 g/mol. The maximum absolute atomic E-state index is 7.14. The Morgan fingerprint density at radius 2 is 0.517 bits per heavy atom. The zero-order valence-corrected chi connectivity index (χ0v) is 54.6. The Balaban J connectivity index is 0.000000194. The lowest BCUT2D eigenvalue weighted by atomic mass is 9.95. The van der Waals surface area contributed by atoms with Crippen molar-refractivity contribution in [2.24, 2.45) is 0 Å². The first-order valence-corrected chi connectivity index (χ1v) is 33.4. The fraction of sp³-hybridized carbons (Fsp3) is 0.132. The SMILES string of the molecule is Cc1cc(C)c(OP(Oc2ccccc2)Oc2ccccc2)c(-c2cc(C)cc(C)c2OP(c2ccccc2)c2ccccc2)c1.Cc1cc(C)cc(OPOc2c(C)cc(C)cc2-c2cc(C)cc(C)c2OP(c2ccccc2)c2ccccc2)c1. The number of benzene rings is 11. The largest absolute Gasteiger partial charge is 0.530 e. The van der Waals surface area contributed by atoms with E-state index in [1.54, 1.807) is 0 Å². The molecular formula is C76H72O7P4. The average molecular weight is 1220 g/mol. The van der Waals surface area contributed by atoms with Gasteiger partial charge in [0.05, 0.1) is 0 Å². The molecule has 0 aliphatic rings. The topological polar surface area (TPSA) is 64.6 Å². The molecule has 11 rings (SSSR count). The molecule has 0 aromatic heterocycles. The predicted octanol–water partition coefficient (Wildman–Crippen LogP) is 20.4. The summed E-state index contributed by atoms with van der Waals surface area (Å²) in [5, 5.41) is 4.62. The molecule has 0 fully saturated rings. The Morgan fingerprint density at radius 1 is 0.241 bits per heavy atom. The molecule has 1 unspecified atom stereocenters. The molecule has 7 nitrogen and oxygen atoms in total. The summed E-state index contributed by atoms with van der Waals surface area (Å²) in [6.07, 6.45) is 0. The van der Waals surface area contributed by atoms with Crippen LogP contribution in [0.15, 0.2) is 249 Å². The van der Waals surface area contributed by atoms with Crippen LogP contribution < -0.4 is 52.9 Å². The number of hydrogen-bond donors (Lipinski definition) is 0. The smallest absolute Gasteiger partial charge is 0.464 e. The number of hydrogen-bond acceptors (Lipinski definition) is 7. The molecule has 0 heterocycles. The Morgan fingerprint density at radius 3 is 0.851 bits per heavy atom. The van der Waals surface area contributed by atoms with E-state index in [0.29, 0.717) is 17.2 Å². The van der Waals surface area contributed by atoms with Gasteiger partial charge in [-0.1, -0.05) is 188 Å². The summed E-state index contributed by atoms with van der Waals surface area (Å²) in [6, 6.07) is 84.8. The van der Waals surface area contributed by atoms with E-state index in [-0.39, 0.29) is 9.03 Å². The minimum atomic E-state index is -1.87. The maximum Gasteiger partial charge on any atom is 0.530 e. The van der Waals surface area contributed by atoms with E-state index in [1.807, 2.05) is 97.1 Å². The average Bonchev–Trinajstić information content (AvgIpc) is 1.48. The second kappa shape index (κ2) is 29.4. The molecule has 0 aliphatic heterocycles. The van der Waals surface area contributed by atoms with Crippen molar-refractivity contribution in [1.82, 2.24) is 0 Å². The number of rotatable bonds is 20. The third-order valence-corrected chi connectivity index (χ3v) is 19.6. The van der Waals surface area contributed by atoms with Crippen LogP contribution in [0.1, 0.15) is 55.6 Å². The van der Waals surface area contributed by atoms with Gasteiger partial charge in [0.2, 0.25) is 0 Å². The van der Waals surface area contributed by atoms with Crippen LogP contribution >= 0.6 is 33.9 Å². The molecule has 11 heteroatoms. The van der Waals surface area contributed by atoms with Crippen LogP contribution in [0.3, 0.4) is 0 Å². The molecule has 0 N–H and O–H groups in total. The highest BCUT2D eigenvalue weighted by Gasteiger charge is 2.28. The van der Waals surface area contributed by atoms with Crippen molar-refractivity contribution in [3.05, 3.63) is 304 Å². The molecule has 0 bridgehead atoms. The van der Waals surface area contributed by atoms with Crippen LogP contribution in [0.4, 0.5) is 0 Å². The Hall–Kier alpha value is -8.26. The second-order valence-electron chi connectivity index (χ2n) is 21.7. The fourth-order valence-electron chi connectivity index (χ4n) is 10.4. The van der Waals surface area contributed by atoms with Crippen molar-refractivity contribution in [2.75, 3.05) is 0 Å². The summed E-state index contributed by atoms with van der Waals surface area (Å²) < 4.78 is 46.2. The van der Waals surface area contributed by atoms with Gasteiger partial charge in [-0.05, 0) is 186 Å². The van der Waals surface area contributed by atoms with Crippen LogP contribution in [-0.4, -0.2) is 0 Å². The van der Waals surface area contributed by atoms with E-state index in [4.69, 9.17) is 31.7 Å². The summed E-state index contributed by atoms with van der Waals surface area (Å²) in [7, 11) is -4.30. The van der Waals surface area contributed by atoms with Crippen molar-refractivity contribution in [3.8, 4) is 62.5 Å². The van der Waals surface area contributed by atoms with Crippen molar-refractivity contribution < 1.29 is 31.7 Å². The molecule has 438 valence electrons. The molecule has 11 aromatic carbocycles. The zero-order valence-electron chi connectivity index (χ0n) is 50.9. The molecule has 11 aromatic rings. The summed E-state index contributed by atoms with van der Waals surface area (Å²) >= 11 is 0. The highest BCUT2D eigenvalue weighted by Crippen LogP contribution is 2.52. The lowest BCUT2D eigenvalue weighted by Gasteiger charge is -2.25. The normalized spacial score (nSPS) is 11.1. The second-order valence-corrected chi connectivity index (χ2v) is 26.9. The third-order valence-electron chi connectivity index (χ3n) is 14.1. The third kappa shape index (κ3) is 16.2. The minimum absolute atomic E-state index is 0.180. The predicted molar refractivity (Wildman–Crippen MR) is 368 cm³/mol. The summed E-state index contributed by atoms with van der Waals surface area (Å²) in [5.41, 5.74) is 15.1. The van der Waals surface area contributed by atoms with Gasteiger partial charge in [0.15, 0.2) is 16.3 Å². The number of aryl methyl sites for hydroxylation is 10. The van der Waals surface area contributed by atoms with E-state index in [9.17, 15) is 0 Å². The van der Waals surface area contributed by atoms with Gasteiger partial charge >= 0.3 is 8.60 Å². The zero-order chi connectivity index (χ0) is 60.8. The lowest BCUT2D eigenvalue weighted by Crippen LogP contribution is -2.16. The summed E-state index contributed by atoms with van der Waals surface area (Å²) in [4.78, 5) is 0. The first-order chi connectivity index (χ1) is 42.2.